The van der Waals surface area contributed by atoms with E-state index in [0.29, 0.717) is 12.1 Å². The summed E-state index contributed by atoms with van der Waals surface area (Å²) in [4.78, 5) is 2.30. The fourth-order valence-electron chi connectivity index (χ4n) is 3.32. The number of hydrogen-bond donors (Lipinski definition) is 1. The highest BCUT2D eigenvalue weighted by molar-refractivity contribution is 5.57. The molecule has 2 nitrogen and oxygen atoms in total. The second-order valence-electron chi connectivity index (χ2n) is 6.02. The van der Waals surface area contributed by atoms with Crippen molar-refractivity contribution in [3.05, 3.63) is 29.6 Å². The van der Waals surface area contributed by atoms with Gasteiger partial charge in [0, 0.05) is 18.1 Å². The molecule has 0 aliphatic carbocycles. The average molecular weight is 278 g/mol. The number of para-hydroxylation sites is 1. The van der Waals surface area contributed by atoms with Gasteiger partial charge in [0.2, 0.25) is 0 Å². The van der Waals surface area contributed by atoms with E-state index >= 15 is 0 Å². The Balaban J connectivity index is 2.38. The molecule has 0 amide bonds. The van der Waals surface area contributed by atoms with Crippen LogP contribution in [0.15, 0.2) is 18.2 Å². The largest absolute Gasteiger partial charge is 0.363 e. The van der Waals surface area contributed by atoms with Crippen molar-refractivity contribution < 1.29 is 4.39 Å². The number of anilines is 1. The topological polar surface area (TPSA) is 29.3 Å². The Hall–Kier alpha value is -1.09. The molecule has 20 heavy (non-hydrogen) atoms. The Morgan fingerprint density at radius 3 is 2.75 bits per heavy atom. The van der Waals surface area contributed by atoms with Crippen molar-refractivity contribution in [1.29, 1.82) is 0 Å². The zero-order chi connectivity index (χ0) is 14.7. The minimum absolute atomic E-state index is 0.0991. The van der Waals surface area contributed by atoms with E-state index in [1.54, 1.807) is 12.1 Å². The highest BCUT2D eigenvalue weighted by atomic mass is 19.1. The van der Waals surface area contributed by atoms with Crippen molar-refractivity contribution in [2.45, 2.75) is 71.0 Å². The van der Waals surface area contributed by atoms with E-state index in [-0.39, 0.29) is 11.9 Å². The Morgan fingerprint density at radius 2 is 2.10 bits per heavy atom. The summed E-state index contributed by atoms with van der Waals surface area (Å²) in [5.41, 5.74) is 7.94. The fraction of sp³-hybridized carbons (Fsp3) is 0.647. The molecule has 1 aromatic carbocycles. The molecule has 0 spiro atoms. The van der Waals surface area contributed by atoms with Gasteiger partial charge in [0.05, 0.1) is 5.69 Å². The lowest BCUT2D eigenvalue weighted by molar-refractivity contribution is 0.572. The van der Waals surface area contributed by atoms with Crippen molar-refractivity contribution in [3.8, 4) is 0 Å². The highest BCUT2D eigenvalue weighted by Crippen LogP contribution is 2.36. The number of nitrogens with zero attached hydrogens (tertiary/aromatic N) is 1. The lowest BCUT2D eigenvalue weighted by atomic mass is 10.0. The summed E-state index contributed by atoms with van der Waals surface area (Å²) >= 11 is 0. The van der Waals surface area contributed by atoms with Crippen molar-refractivity contribution in [2.75, 3.05) is 4.90 Å². The van der Waals surface area contributed by atoms with Gasteiger partial charge in [0.25, 0.3) is 0 Å². The Morgan fingerprint density at radius 1 is 1.35 bits per heavy atom. The van der Waals surface area contributed by atoms with E-state index in [1.165, 1.54) is 0 Å². The highest BCUT2D eigenvalue weighted by Gasteiger charge is 2.32. The monoisotopic (exact) mass is 278 g/mol. The van der Waals surface area contributed by atoms with E-state index in [1.807, 2.05) is 6.07 Å². The van der Waals surface area contributed by atoms with E-state index < -0.39 is 0 Å². The second-order valence-corrected chi connectivity index (χ2v) is 6.02. The number of hydrogen-bond acceptors (Lipinski definition) is 2. The third kappa shape index (κ3) is 2.98. The SMILES string of the molecule is CCC(N)Cc1cccc(F)c1N1C(C)CCC1CC. The fourth-order valence-corrected chi connectivity index (χ4v) is 3.32. The first-order chi connectivity index (χ1) is 9.58. The average Bonchev–Trinajstić information content (AvgIpc) is 2.80. The Kier molecular flexibility index (Phi) is 5.03. The van der Waals surface area contributed by atoms with Crippen LogP contribution >= 0.6 is 0 Å². The Bertz CT molecular complexity index is 447. The number of halogens is 1. The molecular weight excluding hydrogens is 251 g/mol. The lowest BCUT2D eigenvalue weighted by Gasteiger charge is -2.33. The lowest BCUT2D eigenvalue weighted by Crippen LogP contribution is -2.36. The molecule has 0 saturated carbocycles. The second kappa shape index (κ2) is 6.57. The van der Waals surface area contributed by atoms with Crippen molar-refractivity contribution in [1.82, 2.24) is 0 Å². The summed E-state index contributed by atoms with van der Waals surface area (Å²) in [6.07, 6.45) is 5.04. The predicted molar refractivity (Wildman–Crippen MR) is 83.6 cm³/mol. The predicted octanol–water partition coefficient (Wildman–Crippen LogP) is 3.87. The zero-order valence-corrected chi connectivity index (χ0v) is 12.9. The minimum Gasteiger partial charge on any atom is -0.363 e. The molecule has 112 valence electrons. The summed E-state index contributed by atoms with van der Waals surface area (Å²) < 4.78 is 14.5. The summed E-state index contributed by atoms with van der Waals surface area (Å²) in [6, 6.07) is 6.39. The maximum atomic E-state index is 14.5. The van der Waals surface area contributed by atoms with Gasteiger partial charge in [-0.2, -0.15) is 0 Å². The van der Waals surface area contributed by atoms with E-state index in [2.05, 4.69) is 25.7 Å². The molecule has 1 aliphatic heterocycles. The molecular formula is C17H27FN2. The van der Waals surface area contributed by atoms with Crippen LogP contribution in [-0.2, 0) is 6.42 Å². The number of rotatable bonds is 5. The van der Waals surface area contributed by atoms with Gasteiger partial charge in [0.1, 0.15) is 5.82 Å². The van der Waals surface area contributed by atoms with Gasteiger partial charge in [0.15, 0.2) is 0 Å². The van der Waals surface area contributed by atoms with E-state index in [0.717, 1.165) is 43.4 Å². The third-order valence-corrected chi connectivity index (χ3v) is 4.59. The van der Waals surface area contributed by atoms with Gasteiger partial charge in [-0.3, -0.25) is 0 Å². The maximum absolute atomic E-state index is 14.5. The van der Waals surface area contributed by atoms with E-state index in [9.17, 15) is 4.39 Å². The molecule has 3 unspecified atom stereocenters. The van der Waals surface area contributed by atoms with Gasteiger partial charge in [-0.05, 0) is 50.7 Å². The van der Waals surface area contributed by atoms with Gasteiger partial charge in [-0.25, -0.2) is 4.39 Å². The smallest absolute Gasteiger partial charge is 0.146 e. The third-order valence-electron chi connectivity index (χ3n) is 4.59. The zero-order valence-electron chi connectivity index (χ0n) is 12.9. The normalized spacial score (nSPS) is 24.1. The molecule has 1 aromatic rings. The van der Waals surface area contributed by atoms with Gasteiger partial charge in [-0.1, -0.05) is 26.0 Å². The van der Waals surface area contributed by atoms with Crippen molar-refractivity contribution in [2.24, 2.45) is 5.73 Å². The van der Waals surface area contributed by atoms with Crippen LogP contribution in [-0.4, -0.2) is 18.1 Å². The van der Waals surface area contributed by atoms with Crippen LogP contribution in [0.3, 0.4) is 0 Å². The molecule has 1 saturated heterocycles. The minimum atomic E-state index is -0.0991. The first-order valence-electron chi connectivity index (χ1n) is 7.89. The van der Waals surface area contributed by atoms with Crippen LogP contribution in [0.5, 0.6) is 0 Å². The first kappa shape index (κ1) is 15.3. The first-order valence-corrected chi connectivity index (χ1v) is 7.89. The summed E-state index contributed by atoms with van der Waals surface area (Å²) in [5.74, 6) is -0.0991. The molecule has 2 rings (SSSR count). The summed E-state index contributed by atoms with van der Waals surface area (Å²) in [7, 11) is 0. The summed E-state index contributed by atoms with van der Waals surface area (Å²) in [5, 5.41) is 0. The maximum Gasteiger partial charge on any atom is 0.146 e. The molecule has 1 fully saturated rings. The van der Waals surface area contributed by atoms with Crippen molar-refractivity contribution in [3.63, 3.8) is 0 Å². The molecule has 1 heterocycles. The molecule has 3 atom stereocenters. The summed E-state index contributed by atoms with van der Waals surface area (Å²) in [6.45, 7) is 6.47. The molecule has 1 aliphatic rings. The van der Waals surface area contributed by atoms with Crippen LogP contribution in [0.4, 0.5) is 10.1 Å². The number of nitrogens with two attached hydrogens (primary N) is 1. The standard InChI is InChI=1S/C17H27FN2/c1-4-14(19)11-13-7-6-8-16(18)17(13)20-12(3)9-10-15(20)5-2/h6-8,12,14-15H,4-5,9-11,19H2,1-3H3. The van der Waals surface area contributed by atoms with Crippen molar-refractivity contribution >= 4 is 5.69 Å². The molecule has 2 N–H and O–H groups in total. The van der Waals surface area contributed by atoms with E-state index in [4.69, 9.17) is 5.73 Å². The van der Waals surface area contributed by atoms with Gasteiger partial charge in [-0.15, -0.1) is 0 Å². The van der Waals surface area contributed by atoms with Crippen LogP contribution in [0.1, 0.15) is 52.0 Å². The van der Waals surface area contributed by atoms with Crippen LogP contribution in [0.25, 0.3) is 0 Å². The van der Waals surface area contributed by atoms with Crippen LogP contribution < -0.4 is 10.6 Å². The van der Waals surface area contributed by atoms with Crippen LogP contribution in [0.2, 0.25) is 0 Å². The molecule has 0 radical (unpaired) electrons. The Labute approximate surface area is 122 Å². The van der Waals surface area contributed by atoms with Gasteiger partial charge < -0.3 is 10.6 Å². The van der Waals surface area contributed by atoms with Crippen LogP contribution in [0, 0.1) is 5.82 Å². The van der Waals surface area contributed by atoms with Gasteiger partial charge >= 0.3 is 0 Å². The molecule has 0 aromatic heterocycles. The quantitative estimate of drug-likeness (QED) is 0.886. The molecule has 3 heteroatoms. The number of benzene rings is 1. The molecule has 0 bridgehead atoms.